The van der Waals surface area contributed by atoms with E-state index in [1.165, 1.54) is 19.3 Å². The maximum Gasteiger partial charge on any atom is 0.218 e. The van der Waals surface area contributed by atoms with Crippen LogP contribution in [0.4, 0.5) is 0 Å². The molecule has 0 radical (unpaired) electrons. The molecule has 0 spiro atoms. The largest absolute Gasteiger partial charge is 0.315 e. The summed E-state index contributed by atoms with van der Waals surface area (Å²) in [5, 5.41) is 3.02. The molecule has 2 saturated heterocycles. The van der Waals surface area contributed by atoms with Crippen LogP contribution in [-0.4, -0.2) is 44.2 Å². The zero-order valence-corrected chi connectivity index (χ0v) is 11.3. The van der Waals surface area contributed by atoms with E-state index in [1.54, 1.807) is 4.31 Å². The molecule has 2 heterocycles. The van der Waals surface area contributed by atoms with Crippen molar-refractivity contribution in [2.75, 3.05) is 26.2 Å². The third-order valence-electron chi connectivity index (χ3n) is 3.85. The first-order valence-electron chi connectivity index (χ1n) is 6.91. The van der Waals surface area contributed by atoms with Crippen molar-refractivity contribution in [2.45, 2.75) is 50.2 Å². The molecule has 2 rings (SSSR count). The van der Waals surface area contributed by atoms with Gasteiger partial charge in [-0.05, 0) is 32.2 Å². The van der Waals surface area contributed by atoms with Crippen molar-refractivity contribution in [3.63, 3.8) is 0 Å². The van der Waals surface area contributed by atoms with Crippen molar-refractivity contribution in [3.8, 4) is 0 Å². The van der Waals surface area contributed by atoms with Gasteiger partial charge in [0.25, 0.3) is 0 Å². The summed E-state index contributed by atoms with van der Waals surface area (Å²) in [6.07, 6.45) is 7.48. The van der Waals surface area contributed by atoms with E-state index < -0.39 is 10.0 Å². The van der Waals surface area contributed by atoms with Crippen LogP contribution in [0.15, 0.2) is 0 Å². The molecular weight excluding hydrogens is 236 g/mol. The predicted molar refractivity (Wildman–Crippen MR) is 69.5 cm³/mol. The lowest BCUT2D eigenvalue weighted by atomic mass is 10.1. The number of piperidine rings is 1. The van der Waals surface area contributed by atoms with Gasteiger partial charge in [0.05, 0.1) is 5.25 Å². The van der Waals surface area contributed by atoms with Gasteiger partial charge in [-0.25, -0.2) is 12.7 Å². The van der Waals surface area contributed by atoms with Gasteiger partial charge in [0, 0.05) is 19.6 Å². The number of hydrogen-bond donors (Lipinski definition) is 1. The quantitative estimate of drug-likeness (QED) is 0.815. The maximum atomic E-state index is 12.5. The lowest BCUT2D eigenvalue weighted by molar-refractivity contribution is 0.353. The van der Waals surface area contributed by atoms with Crippen LogP contribution in [0.25, 0.3) is 0 Å². The molecule has 0 aliphatic carbocycles. The van der Waals surface area contributed by atoms with Crippen LogP contribution >= 0.6 is 0 Å². The molecule has 1 unspecified atom stereocenters. The van der Waals surface area contributed by atoms with Gasteiger partial charge in [-0.1, -0.05) is 19.3 Å². The van der Waals surface area contributed by atoms with Crippen LogP contribution in [0, 0.1) is 0 Å². The minimum atomic E-state index is -3.05. The highest BCUT2D eigenvalue weighted by Crippen LogP contribution is 2.20. The minimum Gasteiger partial charge on any atom is -0.315 e. The zero-order chi connectivity index (χ0) is 12.1. The van der Waals surface area contributed by atoms with Crippen molar-refractivity contribution in [3.05, 3.63) is 0 Å². The van der Waals surface area contributed by atoms with Crippen LogP contribution in [-0.2, 0) is 10.0 Å². The average Bonchev–Trinajstić information content (AvgIpc) is 2.29. The van der Waals surface area contributed by atoms with E-state index in [9.17, 15) is 8.42 Å². The van der Waals surface area contributed by atoms with Gasteiger partial charge in [0.2, 0.25) is 10.0 Å². The molecule has 0 aromatic rings. The Hall–Kier alpha value is -0.130. The molecule has 2 aliphatic rings. The van der Waals surface area contributed by atoms with Crippen LogP contribution in [0.1, 0.15) is 44.9 Å². The normalized spacial score (nSPS) is 29.5. The highest BCUT2D eigenvalue weighted by Gasteiger charge is 2.32. The average molecular weight is 260 g/mol. The van der Waals surface area contributed by atoms with Crippen molar-refractivity contribution >= 4 is 10.0 Å². The third-order valence-corrected chi connectivity index (χ3v) is 6.18. The predicted octanol–water partition coefficient (Wildman–Crippen LogP) is 1.33. The first kappa shape index (κ1) is 13.3. The highest BCUT2D eigenvalue weighted by atomic mass is 32.2. The molecular formula is C12H24N2O2S. The number of hydrogen-bond acceptors (Lipinski definition) is 3. The Labute approximate surface area is 105 Å². The van der Waals surface area contributed by atoms with E-state index in [0.29, 0.717) is 6.54 Å². The SMILES string of the molecule is O=S(=O)(C1CCCNC1)N1CCCCCCC1. The molecule has 1 atom stereocenters. The molecule has 0 bridgehead atoms. The highest BCUT2D eigenvalue weighted by molar-refractivity contribution is 7.89. The monoisotopic (exact) mass is 260 g/mol. The smallest absolute Gasteiger partial charge is 0.218 e. The fourth-order valence-corrected chi connectivity index (χ4v) is 4.74. The summed E-state index contributed by atoms with van der Waals surface area (Å²) in [6, 6.07) is 0. The van der Waals surface area contributed by atoms with E-state index in [2.05, 4.69) is 5.32 Å². The molecule has 4 nitrogen and oxygen atoms in total. The second-order valence-electron chi connectivity index (χ2n) is 5.18. The van der Waals surface area contributed by atoms with Crippen LogP contribution in [0.5, 0.6) is 0 Å². The lowest BCUT2D eigenvalue weighted by Gasteiger charge is -2.31. The molecule has 100 valence electrons. The van der Waals surface area contributed by atoms with Crippen molar-refractivity contribution in [1.29, 1.82) is 0 Å². The number of nitrogens with one attached hydrogen (secondary N) is 1. The van der Waals surface area contributed by atoms with Gasteiger partial charge < -0.3 is 5.32 Å². The second kappa shape index (κ2) is 6.16. The Bertz CT molecular complexity index is 315. The first-order chi connectivity index (χ1) is 8.21. The number of rotatable bonds is 2. The Morgan fingerprint density at radius 3 is 2.18 bits per heavy atom. The van der Waals surface area contributed by atoms with Crippen LogP contribution in [0.3, 0.4) is 0 Å². The van der Waals surface area contributed by atoms with Crippen molar-refractivity contribution < 1.29 is 8.42 Å². The topological polar surface area (TPSA) is 49.4 Å². The third kappa shape index (κ3) is 3.42. The van der Waals surface area contributed by atoms with Gasteiger partial charge in [0.1, 0.15) is 0 Å². The van der Waals surface area contributed by atoms with E-state index in [1.807, 2.05) is 0 Å². The summed E-state index contributed by atoms with van der Waals surface area (Å²) in [7, 11) is -3.05. The summed E-state index contributed by atoms with van der Waals surface area (Å²) >= 11 is 0. The Balaban J connectivity index is 2.01. The van der Waals surface area contributed by atoms with Crippen molar-refractivity contribution in [2.24, 2.45) is 0 Å². The van der Waals surface area contributed by atoms with E-state index in [0.717, 1.165) is 45.3 Å². The fourth-order valence-electron chi connectivity index (χ4n) is 2.76. The van der Waals surface area contributed by atoms with Gasteiger partial charge in [-0.15, -0.1) is 0 Å². The molecule has 0 aromatic carbocycles. The Morgan fingerprint density at radius 2 is 1.59 bits per heavy atom. The Morgan fingerprint density at radius 1 is 0.941 bits per heavy atom. The molecule has 1 N–H and O–H groups in total. The molecule has 17 heavy (non-hydrogen) atoms. The molecule has 2 aliphatic heterocycles. The molecule has 2 fully saturated rings. The van der Waals surface area contributed by atoms with Crippen molar-refractivity contribution in [1.82, 2.24) is 9.62 Å². The minimum absolute atomic E-state index is 0.185. The molecule has 0 saturated carbocycles. The number of sulfonamides is 1. The fraction of sp³-hybridized carbons (Fsp3) is 1.00. The van der Waals surface area contributed by atoms with E-state index >= 15 is 0 Å². The molecule has 5 heteroatoms. The first-order valence-corrected chi connectivity index (χ1v) is 8.41. The summed E-state index contributed by atoms with van der Waals surface area (Å²) in [5.74, 6) is 0. The van der Waals surface area contributed by atoms with Crippen LogP contribution in [0.2, 0.25) is 0 Å². The van der Waals surface area contributed by atoms with E-state index in [-0.39, 0.29) is 5.25 Å². The van der Waals surface area contributed by atoms with Gasteiger partial charge >= 0.3 is 0 Å². The summed E-state index contributed by atoms with van der Waals surface area (Å²) in [5.41, 5.74) is 0. The summed E-state index contributed by atoms with van der Waals surface area (Å²) in [4.78, 5) is 0. The Kier molecular flexibility index (Phi) is 4.82. The second-order valence-corrected chi connectivity index (χ2v) is 7.39. The lowest BCUT2D eigenvalue weighted by Crippen LogP contribution is -2.47. The standard InChI is InChI=1S/C12H24N2O2S/c15-17(16,12-7-6-8-13-11-12)14-9-4-2-1-3-5-10-14/h12-13H,1-11H2. The molecule has 0 amide bonds. The summed E-state index contributed by atoms with van der Waals surface area (Å²) in [6.45, 7) is 3.07. The van der Waals surface area contributed by atoms with E-state index in [4.69, 9.17) is 0 Å². The van der Waals surface area contributed by atoms with Gasteiger partial charge in [-0.2, -0.15) is 0 Å². The number of nitrogens with zero attached hydrogens (tertiary/aromatic N) is 1. The summed E-state index contributed by atoms with van der Waals surface area (Å²) < 4.78 is 26.7. The maximum absolute atomic E-state index is 12.5. The molecule has 0 aromatic heterocycles. The van der Waals surface area contributed by atoms with Crippen LogP contribution < -0.4 is 5.32 Å². The zero-order valence-electron chi connectivity index (χ0n) is 10.5. The van der Waals surface area contributed by atoms with Gasteiger partial charge in [0.15, 0.2) is 0 Å². The van der Waals surface area contributed by atoms with Gasteiger partial charge in [-0.3, -0.25) is 0 Å².